The molecule has 1 aromatic carbocycles. The summed E-state index contributed by atoms with van der Waals surface area (Å²) in [5.41, 5.74) is 0. The highest BCUT2D eigenvalue weighted by Crippen LogP contribution is 2.21. The van der Waals surface area contributed by atoms with E-state index in [1.807, 2.05) is 24.3 Å². The maximum absolute atomic E-state index is 11.5. The first kappa shape index (κ1) is 16.4. The van der Waals surface area contributed by atoms with Crippen molar-refractivity contribution in [2.24, 2.45) is 0 Å². The van der Waals surface area contributed by atoms with Crippen molar-refractivity contribution in [1.29, 1.82) is 0 Å². The molecule has 1 rings (SSSR count). The standard InChI is InChI=1S/C14H20N2O3S/c1-11(17)15-8-9-16-14(18)7-10-20-13-5-3-12(19-2)4-6-13/h3-6H,7-10H2,1-2H3,(H,15,17)(H,16,18). The van der Waals surface area contributed by atoms with E-state index in [2.05, 4.69) is 10.6 Å². The number of hydrogen-bond acceptors (Lipinski definition) is 4. The Labute approximate surface area is 123 Å². The average Bonchev–Trinajstić information content (AvgIpc) is 2.44. The molecule has 0 saturated carbocycles. The highest BCUT2D eigenvalue weighted by molar-refractivity contribution is 7.99. The second-order valence-corrected chi connectivity index (χ2v) is 5.28. The van der Waals surface area contributed by atoms with Gasteiger partial charge < -0.3 is 15.4 Å². The van der Waals surface area contributed by atoms with Gasteiger partial charge >= 0.3 is 0 Å². The second kappa shape index (κ2) is 9.25. The normalized spacial score (nSPS) is 9.90. The average molecular weight is 296 g/mol. The summed E-state index contributed by atoms with van der Waals surface area (Å²) in [6, 6.07) is 7.74. The van der Waals surface area contributed by atoms with Gasteiger partial charge in [-0.2, -0.15) is 0 Å². The van der Waals surface area contributed by atoms with Crippen molar-refractivity contribution in [1.82, 2.24) is 10.6 Å². The van der Waals surface area contributed by atoms with Crippen molar-refractivity contribution in [3.63, 3.8) is 0 Å². The fraction of sp³-hybridized carbons (Fsp3) is 0.429. The maximum atomic E-state index is 11.5. The Morgan fingerprint density at radius 1 is 1.15 bits per heavy atom. The zero-order valence-corrected chi connectivity index (χ0v) is 12.6. The van der Waals surface area contributed by atoms with Gasteiger partial charge in [0.15, 0.2) is 0 Å². The summed E-state index contributed by atoms with van der Waals surface area (Å²) >= 11 is 1.63. The summed E-state index contributed by atoms with van der Waals surface area (Å²) in [6.07, 6.45) is 0.455. The van der Waals surface area contributed by atoms with Crippen LogP contribution in [-0.4, -0.2) is 37.8 Å². The summed E-state index contributed by atoms with van der Waals surface area (Å²) in [5.74, 6) is 1.45. The van der Waals surface area contributed by atoms with E-state index >= 15 is 0 Å². The van der Waals surface area contributed by atoms with Crippen LogP contribution in [-0.2, 0) is 9.59 Å². The van der Waals surface area contributed by atoms with Crippen LogP contribution >= 0.6 is 11.8 Å². The zero-order chi connectivity index (χ0) is 14.8. The molecule has 0 bridgehead atoms. The smallest absolute Gasteiger partial charge is 0.220 e. The lowest BCUT2D eigenvalue weighted by molar-refractivity contribution is -0.121. The Morgan fingerprint density at radius 3 is 2.40 bits per heavy atom. The van der Waals surface area contributed by atoms with Gasteiger partial charge in [0.1, 0.15) is 5.75 Å². The molecule has 1 aromatic rings. The third kappa shape index (κ3) is 7.04. The molecule has 2 N–H and O–H groups in total. The summed E-state index contributed by atoms with van der Waals surface area (Å²) in [4.78, 5) is 23.3. The molecule has 0 aliphatic rings. The van der Waals surface area contributed by atoms with Crippen LogP contribution in [0.1, 0.15) is 13.3 Å². The molecule has 0 aliphatic carbocycles. The molecular weight excluding hydrogens is 276 g/mol. The van der Waals surface area contributed by atoms with Gasteiger partial charge in [0, 0.05) is 37.1 Å². The van der Waals surface area contributed by atoms with Gasteiger partial charge in [0.05, 0.1) is 7.11 Å². The van der Waals surface area contributed by atoms with Crippen LogP contribution in [0.25, 0.3) is 0 Å². The van der Waals surface area contributed by atoms with Gasteiger partial charge in [-0.15, -0.1) is 11.8 Å². The minimum atomic E-state index is -0.0886. The number of hydrogen-bond donors (Lipinski definition) is 2. The lowest BCUT2D eigenvalue weighted by Gasteiger charge is -2.06. The number of rotatable bonds is 8. The van der Waals surface area contributed by atoms with E-state index in [9.17, 15) is 9.59 Å². The van der Waals surface area contributed by atoms with Gasteiger partial charge in [0.25, 0.3) is 0 Å². The fourth-order valence-electron chi connectivity index (χ4n) is 1.46. The van der Waals surface area contributed by atoms with Crippen LogP contribution in [0, 0.1) is 0 Å². The van der Waals surface area contributed by atoms with E-state index in [1.165, 1.54) is 6.92 Å². The first-order valence-electron chi connectivity index (χ1n) is 6.40. The fourth-order valence-corrected chi connectivity index (χ4v) is 2.31. The number of thioether (sulfide) groups is 1. The largest absolute Gasteiger partial charge is 0.497 e. The molecule has 5 nitrogen and oxygen atoms in total. The first-order valence-corrected chi connectivity index (χ1v) is 7.38. The molecule has 0 heterocycles. The van der Waals surface area contributed by atoms with Crippen LogP contribution < -0.4 is 15.4 Å². The Morgan fingerprint density at radius 2 is 1.80 bits per heavy atom. The summed E-state index contributed by atoms with van der Waals surface area (Å²) in [6.45, 7) is 2.38. The Balaban J connectivity index is 2.13. The minimum Gasteiger partial charge on any atom is -0.497 e. The molecule has 0 aromatic heterocycles. The third-order valence-corrected chi connectivity index (χ3v) is 3.49. The van der Waals surface area contributed by atoms with Crippen molar-refractivity contribution < 1.29 is 14.3 Å². The third-order valence-electron chi connectivity index (χ3n) is 2.48. The van der Waals surface area contributed by atoms with Crippen molar-refractivity contribution in [3.05, 3.63) is 24.3 Å². The van der Waals surface area contributed by atoms with Crippen molar-refractivity contribution in [2.75, 3.05) is 26.0 Å². The van der Waals surface area contributed by atoms with E-state index in [0.29, 0.717) is 19.5 Å². The number of carbonyl (C=O) groups excluding carboxylic acids is 2. The van der Waals surface area contributed by atoms with E-state index in [1.54, 1.807) is 18.9 Å². The van der Waals surface area contributed by atoms with Gasteiger partial charge in [-0.3, -0.25) is 9.59 Å². The molecule has 20 heavy (non-hydrogen) atoms. The van der Waals surface area contributed by atoms with E-state index in [0.717, 1.165) is 16.4 Å². The predicted octanol–water partition coefficient (Wildman–Crippen LogP) is 1.43. The molecule has 2 amide bonds. The van der Waals surface area contributed by atoms with E-state index in [4.69, 9.17) is 4.74 Å². The molecule has 110 valence electrons. The van der Waals surface area contributed by atoms with E-state index < -0.39 is 0 Å². The Kier molecular flexibility index (Phi) is 7.57. The van der Waals surface area contributed by atoms with Crippen LogP contribution in [0.3, 0.4) is 0 Å². The summed E-state index contributed by atoms with van der Waals surface area (Å²) < 4.78 is 5.08. The molecule has 0 saturated heterocycles. The van der Waals surface area contributed by atoms with Crippen molar-refractivity contribution in [2.45, 2.75) is 18.2 Å². The molecular formula is C14H20N2O3S. The highest BCUT2D eigenvalue weighted by Gasteiger charge is 2.02. The second-order valence-electron chi connectivity index (χ2n) is 4.11. The van der Waals surface area contributed by atoms with E-state index in [-0.39, 0.29) is 11.8 Å². The lowest BCUT2D eigenvalue weighted by Crippen LogP contribution is -2.33. The maximum Gasteiger partial charge on any atom is 0.220 e. The minimum absolute atomic E-state index is 0.00337. The van der Waals surface area contributed by atoms with Crippen LogP contribution in [0.4, 0.5) is 0 Å². The van der Waals surface area contributed by atoms with Gasteiger partial charge in [-0.1, -0.05) is 0 Å². The predicted molar refractivity (Wildman–Crippen MR) is 80.0 cm³/mol. The quantitative estimate of drug-likeness (QED) is 0.562. The van der Waals surface area contributed by atoms with Gasteiger partial charge in [-0.25, -0.2) is 0 Å². The van der Waals surface area contributed by atoms with Crippen LogP contribution in [0.2, 0.25) is 0 Å². The molecule has 0 spiro atoms. The van der Waals surface area contributed by atoms with Crippen molar-refractivity contribution in [3.8, 4) is 5.75 Å². The van der Waals surface area contributed by atoms with Crippen LogP contribution in [0.5, 0.6) is 5.75 Å². The Hall–Kier alpha value is -1.69. The molecule has 0 atom stereocenters. The number of ether oxygens (including phenoxy) is 1. The van der Waals surface area contributed by atoms with Crippen molar-refractivity contribution >= 4 is 23.6 Å². The van der Waals surface area contributed by atoms with Crippen LogP contribution in [0.15, 0.2) is 29.2 Å². The zero-order valence-electron chi connectivity index (χ0n) is 11.8. The molecule has 0 radical (unpaired) electrons. The SMILES string of the molecule is COc1ccc(SCCC(=O)NCCNC(C)=O)cc1. The monoisotopic (exact) mass is 296 g/mol. The summed E-state index contributed by atoms with van der Waals surface area (Å²) in [5, 5.41) is 5.38. The lowest BCUT2D eigenvalue weighted by atomic mass is 10.3. The number of methoxy groups -OCH3 is 1. The number of amides is 2. The summed E-state index contributed by atoms with van der Waals surface area (Å²) in [7, 11) is 1.63. The molecule has 0 fully saturated rings. The van der Waals surface area contributed by atoms with Gasteiger partial charge in [0.2, 0.25) is 11.8 Å². The molecule has 0 unspecified atom stereocenters. The Bertz CT molecular complexity index is 435. The number of carbonyl (C=O) groups is 2. The van der Waals surface area contributed by atoms with Gasteiger partial charge in [-0.05, 0) is 24.3 Å². The number of nitrogens with one attached hydrogen (secondary N) is 2. The molecule has 6 heteroatoms. The first-order chi connectivity index (χ1) is 9.61. The molecule has 0 aliphatic heterocycles. The highest BCUT2D eigenvalue weighted by atomic mass is 32.2. The topological polar surface area (TPSA) is 67.4 Å². The number of benzene rings is 1.